The molecule has 1 amide bonds. The summed E-state index contributed by atoms with van der Waals surface area (Å²) in [7, 11) is 1.67. The molecule has 21 heavy (non-hydrogen) atoms. The Morgan fingerprint density at radius 3 is 2.62 bits per heavy atom. The van der Waals surface area contributed by atoms with Crippen LogP contribution in [-0.2, 0) is 4.79 Å². The lowest BCUT2D eigenvalue weighted by molar-refractivity contribution is -0.134. The van der Waals surface area contributed by atoms with Gasteiger partial charge in [-0.3, -0.25) is 4.79 Å². The van der Waals surface area contributed by atoms with Crippen LogP contribution in [0.3, 0.4) is 0 Å². The van der Waals surface area contributed by atoms with Crippen LogP contribution >= 0.6 is 0 Å². The number of ether oxygens (including phenoxy) is 1. The van der Waals surface area contributed by atoms with Crippen molar-refractivity contribution >= 4 is 5.91 Å². The van der Waals surface area contributed by atoms with Crippen LogP contribution in [-0.4, -0.2) is 30.0 Å². The maximum absolute atomic E-state index is 12.6. The predicted octanol–water partition coefficient (Wildman–Crippen LogP) is 2.63. The summed E-state index contributed by atoms with van der Waals surface area (Å²) < 4.78 is 5.20. The second-order valence-corrected chi connectivity index (χ2v) is 6.41. The van der Waals surface area contributed by atoms with E-state index in [0.717, 1.165) is 44.4 Å². The largest absolute Gasteiger partial charge is 0.497 e. The Bertz CT molecular complexity index is 508. The normalized spacial score (nSPS) is 23.7. The summed E-state index contributed by atoms with van der Waals surface area (Å²) >= 11 is 0. The zero-order chi connectivity index (χ0) is 14.9. The van der Waals surface area contributed by atoms with Crippen LogP contribution in [0, 0.1) is 0 Å². The zero-order valence-corrected chi connectivity index (χ0v) is 12.7. The molecular weight excluding hydrogens is 264 g/mol. The number of carbonyl (C=O) groups excluding carboxylic acids is 1. The molecule has 1 saturated carbocycles. The summed E-state index contributed by atoms with van der Waals surface area (Å²) in [5.41, 5.74) is 7.19. The van der Waals surface area contributed by atoms with Crippen LogP contribution in [0.1, 0.15) is 50.1 Å². The molecule has 1 saturated heterocycles. The maximum atomic E-state index is 12.6. The van der Waals surface area contributed by atoms with Crippen molar-refractivity contribution in [3.05, 3.63) is 29.8 Å². The summed E-state index contributed by atoms with van der Waals surface area (Å²) in [6, 6.07) is 8.26. The third-order valence-electron chi connectivity index (χ3n) is 4.93. The number of hydrogen-bond donors (Lipinski definition) is 1. The minimum absolute atomic E-state index is 0.201. The van der Waals surface area contributed by atoms with Crippen LogP contribution in [0.4, 0.5) is 0 Å². The lowest BCUT2D eigenvalue weighted by Crippen LogP contribution is -2.50. The minimum atomic E-state index is -0.232. The third kappa shape index (κ3) is 2.91. The highest BCUT2D eigenvalue weighted by Crippen LogP contribution is 2.37. The minimum Gasteiger partial charge on any atom is -0.497 e. The van der Waals surface area contributed by atoms with Crippen molar-refractivity contribution in [1.82, 2.24) is 4.90 Å². The number of rotatable bonds is 4. The van der Waals surface area contributed by atoms with Gasteiger partial charge in [-0.15, -0.1) is 0 Å². The molecule has 2 N–H and O–H groups in total. The van der Waals surface area contributed by atoms with Crippen molar-refractivity contribution in [2.45, 2.75) is 50.1 Å². The molecule has 0 bridgehead atoms. The summed E-state index contributed by atoms with van der Waals surface area (Å²) in [6.07, 6.45) is 5.74. The molecule has 0 aromatic heterocycles. The van der Waals surface area contributed by atoms with E-state index in [9.17, 15) is 4.79 Å². The highest BCUT2D eigenvalue weighted by molar-refractivity contribution is 5.78. The highest BCUT2D eigenvalue weighted by atomic mass is 16.5. The second kappa shape index (κ2) is 5.68. The molecule has 1 heterocycles. The third-order valence-corrected chi connectivity index (χ3v) is 4.93. The van der Waals surface area contributed by atoms with Gasteiger partial charge in [0.05, 0.1) is 13.2 Å². The zero-order valence-electron chi connectivity index (χ0n) is 12.7. The van der Waals surface area contributed by atoms with E-state index in [1.54, 1.807) is 7.11 Å². The van der Waals surface area contributed by atoms with Gasteiger partial charge >= 0.3 is 0 Å². The van der Waals surface area contributed by atoms with Crippen LogP contribution < -0.4 is 10.5 Å². The van der Waals surface area contributed by atoms with E-state index in [1.807, 2.05) is 17.0 Å². The monoisotopic (exact) mass is 288 g/mol. The standard InChI is InChI=1S/C17H24N2O2/c1-21-14-7-5-13(6-8-14)15-4-2-11-19(15)16(20)12-17(18)9-3-10-17/h5-8,15H,2-4,9-12,18H2,1H3. The molecule has 1 aromatic carbocycles. The Labute approximate surface area is 126 Å². The van der Waals surface area contributed by atoms with Crippen LogP contribution in [0.25, 0.3) is 0 Å². The van der Waals surface area contributed by atoms with Gasteiger partial charge in [0.2, 0.25) is 5.91 Å². The number of amides is 1. The molecule has 1 aliphatic heterocycles. The van der Waals surface area contributed by atoms with Crippen molar-refractivity contribution < 1.29 is 9.53 Å². The van der Waals surface area contributed by atoms with Crippen LogP contribution in [0.2, 0.25) is 0 Å². The number of nitrogens with zero attached hydrogens (tertiary/aromatic N) is 1. The number of hydrogen-bond acceptors (Lipinski definition) is 3. The molecule has 4 nitrogen and oxygen atoms in total. The van der Waals surface area contributed by atoms with Gasteiger partial charge in [0.1, 0.15) is 5.75 Å². The van der Waals surface area contributed by atoms with E-state index >= 15 is 0 Å². The van der Waals surface area contributed by atoms with Gasteiger partial charge in [-0.25, -0.2) is 0 Å². The SMILES string of the molecule is COc1ccc(C2CCCN2C(=O)CC2(N)CCC2)cc1. The van der Waals surface area contributed by atoms with Crippen molar-refractivity contribution in [3.8, 4) is 5.75 Å². The Hall–Kier alpha value is -1.55. The van der Waals surface area contributed by atoms with Crippen LogP contribution in [0.5, 0.6) is 5.75 Å². The van der Waals surface area contributed by atoms with Gasteiger partial charge in [0, 0.05) is 18.5 Å². The first kappa shape index (κ1) is 14.4. The summed E-state index contributed by atoms with van der Waals surface area (Å²) in [4.78, 5) is 14.6. The molecule has 3 rings (SSSR count). The molecule has 1 aromatic rings. The molecule has 1 aliphatic carbocycles. The van der Waals surface area contributed by atoms with Gasteiger partial charge in [-0.05, 0) is 49.8 Å². The Morgan fingerprint density at radius 2 is 2.05 bits per heavy atom. The number of carbonyl (C=O) groups is 1. The molecule has 114 valence electrons. The molecule has 1 unspecified atom stereocenters. The first-order valence-corrected chi connectivity index (χ1v) is 7.84. The van der Waals surface area contributed by atoms with Gasteiger partial charge in [0.15, 0.2) is 0 Å². The molecule has 0 radical (unpaired) electrons. The average Bonchev–Trinajstić information content (AvgIpc) is 2.95. The van der Waals surface area contributed by atoms with E-state index < -0.39 is 0 Å². The number of methoxy groups -OCH3 is 1. The fourth-order valence-corrected chi connectivity index (χ4v) is 3.45. The van der Waals surface area contributed by atoms with Gasteiger partial charge < -0.3 is 15.4 Å². The second-order valence-electron chi connectivity index (χ2n) is 6.41. The Balaban J connectivity index is 1.70. The summed E-state index contributed by atoms with van der Waals surface area (Å²) in [5.74, 6) is 1.07. The molecule has 0 spiro atoms. The Kier molecular flexibility index (Phi) is 3.89. The first-order valence-electron chi connectivity index (χ1n) is 7.84. The molecular formula is C17H24N2O2. The maximum Gasteiger partial charge on any atom is 0.224 e. The average molecular weight is 288 g/mol. The molecule has 2 fully saturated rings. The number of nitrogens with two attached hydrogens (primary N) is 1. The van der Waals surface area contributed by atoms with Crippen molar-refractivity contribution in [2.24, 2.45) is 5.73 Å². The lowest BCUT2D eigenvalue weighted by Gasteiger charge is -2.39. The quantitative estimate of drug-likeness (QED) is 0.926. The summed E-state index contributed by atoms with van der Waals surface area (Å²) in [6.45, 7) is 0.853. The van der Waals surface area contributed by atoms with Crippen molar-refractivity contribution in [2.75, 3.05) is 13.7 Å². The van der Waals surface area contributed by atoms with E-state index in [2.05, 4.69) is 12.1 Å². The topological polar surface area (TPSA) is 55.6 Å². The Morgan fingerprint density at radius 1 is 1.33 bits per heavy atom. The van der Waals surface area contributed by atoms with Crippen molar-refractivity contribution in [1.29, 1.82) is 0 Å². The van der Waals surface area contributed by atoms with Gasteiger partial charge in [-0.2, -0.15) is 0 Å². The van der Waals surface area contributed by atoms with Crippen molar-refractivity contribution in [3.63, 3.8) is 0 Å². The number of likely N-dealkylation sites (tertiary alicyclic amines) is 1. The van der Waals surface area contributed by atoms with Gasteiger partial charge in [0.25, 0.3) is 0 Å². The van der Waals surface area contributed by atoms with Gasteiger partial charge in [-0.1, -0.05) is 12.1 Å². The predicted molar refractivity (Wildman–Crippen MR) is 82.1 cm³/mol. The van der Waals surface area contributed by atoms with E-state index in [0.29, 0.717) is 6.42 Å². The van der Waals surface area contributed by atoms with E-state index in [1.165, 1.54) is 5.56 Å². The first-order chi connectivity index (χ1) is 10.1. The molecule has 1 atom stereocenters. The van der Waals surface area contributed by atoms with Crippen LogP contribution in [0.15, 0.2) is 24.3 Å². The van der Waals surface area contributed by atoms with E-state index in [4.69, 9.17) is 10.5 Å². The fraction of sp³-hybridized carbons (Fsp3) is 0.588. The highest BCUT2D eigenvalue weighted by Gasteiger charge is 2.38. The smallest absolute Gasteiger partial charge is 0.224 e. The fourth-order valence-electron chi connectivity index (χ4n) is 3.45. The lowest BCUT2D eigenvalue weighted by atomic mass is 9.75. The number of benzene rings is 1. The molecule has 4 heteroatoms. The van der Waals surface area contributed by atoms with E-state index in [-0.39, 0.29) is 17.5 Å². The molecule has 2 aliphatic rings. The summed E-state index contributed by atoms with van der Waals surface area (Å²) in [5, 5.41) is 0.